The topological polar surface area (TPSA) is 78.5 Å². The molecule has 0 aliphatic carbocycles. The van der Waals surface area contributed by atoms with Gasteiger partial charge >= 0.3 is 0 Å². The predicted molar refractivity (Wildman–Crippen MR) is 114 cm³/mol. The molecule has 0 saturated carbocycles. The molecule has 0 unspecified atom stereocenters. The van der Waals surface area contributed by atoms with E-state index in [1.165, 1.54) is 0 Å². The highest BCUT2D eigenvalue weighted by atomic mass is 16.5. The maximum absolute atomic E-state index is 13.1. The Balaban J connectivity index is 1.46. The molecule has 1 N–H and O–H groups in total. The van der Waals surface area contributed by atoms with Crippen molar-refractivity contribution in [2.45, 2.75) is 45.1 Å². The van der Waals surface area contributed by atoms with Crippen LogP contribution in [0.1, 0.15) is 65.6 Å². The molecule has 2 aliphatic heterocycles. The number of fused-ring (bicyclic) bond motifs is 1. The van der Waals surface area contributed by atoms with E-state index in [0.29, 0.717) is 41.9 Å². The second-order valence-electron chi connectivity index (χ2n) is 8.60. The van der Waals surface area contributed by atoms with Gasteiger partial charge in [0.2, 0.25) is 0 Å². The van der Waals surface area contributed by atoms with Crippen molar-refractivity contribution in [1.82, 2.24) is 20.0 Å². The molecular weight excluding hydrogens is 380 g/mol. The SMILES string of the molecule is COc1cccc(C(=O)N2CC[C@@H]3[C@H](CCCN3C(=O)c3cc(C(C)C)[nH]n3)C2)c1. The number of ether oxygens (including phenoxy) is 1. The van der Waals surface area contributed by atoms with Crippen LogP contribution in [0.15, 0.2) is 30.3 Å². The number of hydrogen-bond acceptors (Lipinski definition) is 4. The molecule has 0 spiro atoms. The maximum Gasteiger partial charge on any atom is 0.274 e. The summed E-state index contributed by atoms with van der Waals surface area (Å²) < 4.78 is 5.25. The number of hydrogen-bond donors (Lipinski definition) is 1. The quantitative estimate of drug-likeness (QED) is 0.839. The lowest BCUT2D eigenvalue weighted by Crippen LogP contribution is -2.56. The molecule has 2 aliphatic rings. The van der Waals surface area contributed by atoms with Crippen LogP contribution < -0.4 is 4.74 Å². The molecular formula is C23H30N4O3. The summed E-state index contributed by atoms with van der Waals surface area (Å²) >= 11 is 0. The molecule has 2 saturated heterocycles. The second-order valence-corrected chi connectivity index (χ2v) is 8.60. The minimum absolute atomic E-state index is 0.000391. The first-order valence-electron chi connectivity index (χ1n) is 10.8. The molecule has 0 radical (unpaired) electrons. The van der Waals surface area contributed by atoms with Gasteiger partial charge in [-0.15, -0.1) is 0 Å². The second kappa shape index (κ2) is 8.50. The predicted octanol–water partition coefficient (Wildman–Crippen LogP) is 3.31. The fourth-order valence-corrected chi connectivity index (χ4v) is 4.67. The van der Waals surface area contributed by atoms with Gasteiger partial charge in [0.25, 0.3) is 11.8 Å². The smallest absolute Gasteiger partial charge is 0.274 e. The number of piperidine rings is 2. The molecule has 4 rings (SSSR count). The lowest BCUT2D eigenvalue weighted by Gasteiger charge is -2.47. The van der Waals surface area contributed by atoms with Crippen LogP contribution in [-0.4, -0.2) is 64.6 Å². The van der Waals surface area contributed by atoms with E-state index in [9.17, 15) is 9.59 Å². The summed E-state index contributed by atoms with van der Waals surface area (Å²) in [6, 6.07) is 9.34. The first kappa shape index (κ1) is 20.4. The molecule has 7 heteroatoms. The van der Waals surface area contributed by atoms with E-state index in [4.69, 9.17) is 4.74 Å². The summed E-state index contributed by atoms with van der Waals surface area (Å²) in [4.78, 5) is 30.1. The summed E-state index contributed by atoms with van der Waals surface area (Å²) in [7, 11) is 1.60. The summed E-state index contributed by atoms with van der Waals surface area (Å²) in [6.07, 6.45) is 2.79. The average Bonchev–Trinajstić information content (AvgIpc) is 3.28. The Morgan fingerprint density at radius 2 is 2.00 bits per heavy atom. The van der Waals surface area contributed by atoms with Crippen LogP contribution in [0.2, 0.25) is 0 Å². The number of benzene rings is 1. The minimum atomic E-state index is 0.000391. The molecule has 160 valence electrons. The highest BCUT2D eigenvalue weighted by Crippen LogP contribution is 2.32. The van der Waals surface area contributed by atoms with Crippen molar-refractivity contribution in [2.24, 2.45) is 5.92 Å². The minimum Gasteiger partial charge on any atom is -0.497 e. The van der Waals surface area contributed by atoms with Crippen LogP contribution in [0, 0.1) is 5.92 Å². The Morgan fingerprint density at radius 1 is 1.17 bits per heavy atom. The van der Waals surface area contributed by atoms with Crippen LogP contribution in [-0.2, 0) is 0 Å². The van der Waals surface area contributed by atoms with Gasteiger partial charge in [0, 0.05) is 36.9 Å². The Morgan fingerprint density at radius 3 is 2.73 bits per heavy atom. The number of nitrogens with one attached hydrogen (secondary N) is 1. The van der Waals surface area contributed by atoms with E-state index >= 15 is 0 Å². The van der Waals surface area contributed by atoms with E-state index in [1.807, 2.05) is 34.1 Å². The third-order valence-corrected chi connectivity index (χ3v) is 6.37. The molecule has 0 bridgehead atoms. The van der Waals surface area contributed by atoms with Crippen molar-refractivity contribution in [2.75, 3.05) is 26.7 Å². The molecule has 1 aromatic heterocycles. The highest BCUT2D eigenvalue weighted by molar-refractivity contribution is 5.95. The zero-order chi connectivity index (χ0) is 21.3. The number of carbonyl (C=O) groups is 2. The third-order valence-electron chi connectivity index (χ3n) is 6.37. The van der Waals surface area contributed by atoms with Crippen molar-refractivity contribution < 1.29 is 14.3 Å². The van der Waals surface area contributed by atoms with Crippen molar-refractivity contribution in [3.63, 3.8) is 0 Å². The number of aromatic nitrogens is 2. The molecule has 2 atom stereocenters. The van der Waals surface area contributed by atoms with E-state index in [2.05, 4.69) is 24.0 Å². The lowest BCUT2D eigenvalue weighted by atomic mass is 9.83. The first-order valence-corrected chi connectivity index (χ1v) is 10.8. The van der Waals surface area contributed by atoms with Crippen molar-refractivity contribution in [3.05, 3.63) is 47.3 Å². The Labute approximate surface area is 177 Å². The first-order chi connectivity index (χ1) is 14.5. The van der Waals surface area contributed by atoms with E-state index in [0.717, 1.165) is 31.5 Å². The van der Waals surface area contributed by atoms with Crippen LogP contribution in [0.5, 0.6) is 5.75 Å². The number of carbonyl (C=O) groups excluding carboxylic acids is 2. The normalized spacial score (nSPS) is 21.5. The molecule has 2 aromatic rings. The van der Waals surface area contributed by atoms with E-state index < -0.39 is 0 Å². The molecule has 2 fully saturated rings. The molecule has 30 heavy (non-hydrogen) atoms. The monoisotopic (exact) mass is 410 g/mol. The number of nitrogens with zero attached hydrogens (tertiary/aromatic N) is 3. The number of methoxy groups -OCH3 is 1. The highest BCUT2D eigenvalue weighted by Gasteiger charge is 2.40. The van der Waals surface area contributed by atoms with Gasteiger partial charge in [0.1, 0.15) is 11.4 Å². The Bertz CT molecular complexity index is 923. The largest absolute Gasteiger partial charge is 0.497 e. The van der Waals surface area contributed by atoms with Gasteiger partial charge in [0.05, 0.1) is 7.11 Å². The molecule has 1 aromatic carbocycles. The summed E-state index contributed by atoms with van der Waals surface area (Å²) in [5.74, 6) is 1.32. The van der Waals surface area contributed by atoms with Crippen LogP contribution in [0.25, 0.3) is 0 Å². The number of H-pyrrole nitrogens is 1. The average molecular weight is 411 g/mol. The molecule has 7 nitrogen and oxygen atoms in total. The van der Waals surface area contributed by atoms with Gasteiger partial charge in [-0.25, -0.2) is 0 Å². The van der Waals surface area contributed by atoms with Crippen molar-refractivity contribution >= 4 is 11.8 Å². The van der Waals surface area contributed by atoms with Crippen molar-refractivity contribution in [1.29, 1.82) is 0 Å². The van der Waals surface area contributed by atoms with Gasteiger partial charge in [0.15, 0.2) is 0 Å². The fraction of sp³-hybridized carbons (Fsp3) is 0.522. The Kier molecular flexibility index (Phi) is 5.79. The molecule has 3 heterocycles. The van der Waals surface area contributed by atoms with Gasteiger partial charge in [-0.1, -0.05) is 19.9 Å². The lowest BCUT2D eigenvalue weighted by molar-refractivity contribution is 0.0194. The van der Waals surface area contributed by atoms with Crippen molar-refractivity contribution in [3.8, 4) is 5.75 Å². The van der Waals surface area contributed by atoms with E-state index in [1.54, 1.807) is 13.2 Å². The van der Waals surface area contributed by atoms with Crippen LogP contribution in [0.3, 0.4) is 0 Å². The summed E-state index contributed by atoms with van der Waals surface area (Å²) in [6.45, 7) is 6.25. The number of amides is 2. The number of rotatable bonds is 4. The standard InChI is InChI=1S/C23H30N4O3/c1-15(2)19-13-20(25-24-19)23(29)27-10-5-7-17-14-26(11-9-21(17)27)22(28)16-6-4-8-18(12-16)30-3/h4,6,8,12-13,15,17,21H,5,7,9-11,14H2,1-3H3,(H,24,25)/t17-,21-/m1/s1. The fourth-order valence-electron chi connectivity index (χ4n) is 4.67. The van der Waals surface area contributed by atoms with Crippen LogP contribution >= 0.6 is 0 Å². The zero-order valence-electron chi connectivity index (χ0n) is 17.9. The zero-order valence-corrected chi connectivity index (χ0v) is 17.9. The third kappa shape index (κ3) is 3.93. The Hall–Kier alpha value is -2.83. The van der Waals surface area contributed by atoms with Gasteiger partial charge in [-0.3, -0.25) is 14.7 Å². The summed E-state index contributed by atoms with van der Waals surface area (Å²) in [5, 5.41) is 7.24. The van der Waals surface area contributed by atoms with E-state index in [-0.39, 0.29) is 17.9 Å². The van der Waals surface area contributed by atoms with Gasteiger partial charge < -0.3 is 14.5 Å². The van der Waals surface area contributed by atoms with Gasteiger partial charge in [-0.2, -0.15) is 5.10 Å². The summed E-state index contributed by atoms with van der Waals surface area (Å²) in [5.41, 5.74) is 2.12. The van der Waals surface area contributed by atoms with Gasteiger partial charge in [-0.05, 0) is 55.4 Å². The maximum atomic E-state index is 13.1. The number of likely N-dealkylation sites (tertiary alicyclic amines) is 2. The molecule has 2 amide bonds. The number of aromatic amines is 1. The van der Waals surface area contributed by atoms with Crippen LogP contribution in [0.4, 0.5) is 0 Å².